The first-order valence-electron chi connectivity index (χ1n) is 13.6. The lowest BCUT2D eigenvalue weighted by Crippen LogP contribution is -2.44. The number of nitrogens with two attached hydrogens (primary N) is 1. The number of carbonyl (C=O) groups excluding carboxylic acids is 2. The fourth-order valence-corrected chi connectivity index (χ4v) is 4.58. The van der Waals surface area contributed by atoms with Crippen LogP contribution in [0, 0.1) is 0 Å². The number of nitrogens with one attached hydrogen (secondary N) is 3. The zero-order valence-corrected chi connectivity index (χ0v) is 23.0. The molecule has 2 heterocycles. The van der Waals surface area contributed by atoms with E-state index in [1.807, 2.05) is 42.5 Å². The van der Waals surface area contributed by atoms with Crippen molar-refractivity contribution in [1.29, 1.82) is 0 Å². The maximum absolute atomic E-state index is 12.5. The number of likely N-dealkylation sites (N-methyl/N-ethyl adjacent to an activating group) is 1. The number of amides is 2. The second-order valence-electron chi connectivity index (χ2n) is 9.98. The van der Waals surface area contributed by atoms with Gasteiger partial charge >= 0.3 is 0 Å². The van der Waals surface area contributed by atoms with E-state index in [0.29, 0.717) is 23.6 Å². The molecule has 5 N–H and O–H groups in total. The molecule has 0 unspecified atom stereocenters. The summed E-state index contributed by atoms with van der Waals surface area (Å²) in [4.78, 5) is 38.0. The fourth-order valence-electron chi connectivity index (χ4n) is 4.58. The van der Waals surface area contributed by atoms with E-state index in [9.17, 15) is 9.59 Å². The van der Waals surface area contributed by atoms with Gasteiger partial charge in [0.05, 0.1) is 0 Å². The molecule has 210 valence electrons. The average Bonchev–Trinajstić information content (AvgIpc) is 2.99. The summed E-state index contributed by atoms with van der Waals surface area (Å²) in [7, 11) is 2.13. The molecule has 1 fully saturated rings. The molecule has 0 atom stereocenters. The normalized spacial score (nSPS) is 13.4. The van der Waals surface area contributed by atoms with Crippen LogP contribution in [0.4, 0.5) is 28.8 Å². The highest BCUT2D eigenvalue weighted by atomic mass is 16.2. The zero-order chi connectivity index (χ0) is 28.6. The van der Waals surface area contributed by atoms with Gasteiger partial charge in [-0.15, -0.1) is 0 Å². The van der Waals surface area contributed by atoms with Gasteiger partial charge in [-0.2, -0.15) is 4.98 Å². The predicted molar refractivity (Wildman–Crippen MR) is 162 cm³/mol. The summed E-state index contributed by atoms with van der Waals surface area (Å²) in [5.74, 6) is -0.182. The van der Waals surface area contributed by atoms with E-state index in [2.05, 4.69) is 54.9 Å². The van der Waals surface area contributed by atoms with Gasteiger partial charge in [0.15, 0.2) is 0 Å². The number of primary amides is 1. The Balaban J connectivity index is 1.21. The highest BCUT2D eigenvalue weighted by Gasteiger charge is 2.16. The summed E-state index contributed by atoms with van der Waals surface area (Å²) >= 11 is 0. The van der Waals surface area contributed by atoms with Gasteiger partial charge in [-0.3, -0.25) is 9.59 Å². The minimum Gasteiger partial charge on any atom is -0.369 e. The SMILES string of the molecule is CN1CCN(c2ccc(Nc3nc(Nc4ccc(C(=O)NCCc5ccccc5)cc4)ncc3C(N)=O)cc2)CC1. The van der Waals surface area contributed by atoms with Crippen molar-refractivity contribution in [3.8, 4) is 0 Å². The molecule has 0 radical (unpaired) electrons. The Kier molecular flexibility index (Phi) is 8.70. The van der Waals surface area contributed by atoms with Crippen molar-refractivity contribution in [2.45, 2.75) is 6.42 Å². The van der Waals surface area contributed by atoms with Crippen LogP contribution in [-0.2, 0) is 6.42 Å². The maximum Gasteiger partial charge on any atom is 0.254 e. The van der Waals surface area contributed by atoms with Gasteiger partial charge < -0.3 is 31.5 Å². The molecule has 0 bridgehead atoms. The topological polar surface area (TPSA) is 129 Å². The molecule has 0 aliphatic carbocycles. The summed E-state index contributed by atoms with van der Waals surface area (Å²) in [5.41, 5.74) is 10.1. The highest BCUT2D eigenvalue weighted by Crippen LogP contribution is 2.24. The first-order chi connectivity index (χ1) is 19.9. The van der Waals surface area contributed by atoms with Crippen LogP contribution < -0.4 is 26.6 Å². The third-order valence-corrected chi connectivity index (χ3v) is 7.00. The van der Waals surface area contributed by atoms with Crippen molar-refractivity contribution in [2.24, 2.45) is 5.73 Å². The van der Waals surface area contributed by atoms with Crippen LogP contribution in [0.5, 0.6) is 0 Å². The van der Waals surface area contributed by atoms with Gasteiger partial charge in [0.2, 0.25) is 5.95 Å². The molecule has 0 spiro atoms. The minimum absolute atomic E-state index is 0.139. The quantitative estimate of drug-likeness (QED) is 0.235. The van der Waals surface area contributed by atoms with E-state index < -0.39 is 5.91 Å². The minimum atomic E-state index is -0.629. The van der Waals surface area contributed by atoms with E-state index in [1.54, 1.807) is 24.3 Å². The molecule has 41 heavy (non-hydrogen) atoms. The highest BCUT2D eigenvalue weighted by molar-refractivity contribution is 5.98. The molecule has 4 aromatic rings. The van der Waals surface area contributed by atoms with Crippen LogP contribution in [0.1, 0.15) is 26.3 Å². The molecule has 10 heteroatoms. The molecule has 1 saturated heterocycles. The van der Waals surface area contributed by atoms with Gasteiger partial charge in [-0.25, -0.2) is 4.98 Å². The van der Waals surface area contributed by atoms with E-state index in [-0.39, 0.29) is 17.4 Å². The van der Waals surface area contributed by atoms with E-state index in [4.69, 9.17) is 5.73 Å². The van der Waals surface area contributed by atoms with Crippen molar-refractivity contribution < 1.29 is 9.59 Å². The van der Waals surface area contributed by atoms with Crippen LogP contribution in [0.15, 0.2) is 85.1 Å². The van der Waals surface area contributed by atoms with Crippen molar-refractivity contribution in [2.75, 3.05) is 55.3 Å². The number of hydrogen-bond donors (Lipinski definition) is 4. The molecule has 5 rings (SSSR count). The van der Waals surface area contributed by atoms with Gasteiger partial charge in [-0.05, 0) is 67.6 Å². The lowest BCUT2D eigenvalue weighted by molar-refractivity contribution is 0.0952. The van der Waals surface area contributed by atoms with Crippen molar-refractivity contribution in [3.05, 3.63) is 102 Å². The maximum atomic E-state index is 12.5. The lowest BCUT2D eigenvalue weighted by Gasteiger charge is -2.34. The molecule has 1 aliphatic rings. The Morgan fingerprint density at radius 3 is 2.20 bits per heavy atom. The Labute approximate surface area is 239 Å². The van der Waals surface area contributed by atoms with Crippen molar-refractivity contribution in [3.63, 3.8) is 0 Å². The molecule has 10 nitrogen and oxygen atoms in total. The largest absolute Gasteiger partial charge is 0.369 e. The van der Waals surface area contributed by atoms with Gasteiger partial charge in [-0.1, -0.05) is 30.3 Å². The van der Waals surface area contributed by atoms with Crippen molar-refractivity contribution >= 4 is 40.6 Å². The van der Waals surface area contributed by atoms with Crippen molar-refractivity contribution in [1.82, 2.24) is 20.2 Å². The Morgan fingerprint density at radius 1 is 0.854 bits per heavy atom. The second kappa shape index (κ2) is 12.9. The Morgan fingerprint density at radius 2 is 1.51 bits per heavy atom. The first kappa shape index (κ1) is 27.6. The van der Waals surface area contributed by atoms with Crippen LogP contribution in [-0.4, -0.2) is 66.5 Å². The van der Waals surface area contributed by atoms with Crippen LogP contribution in [0.2, 0.25) is 0 Å². The average molecular weight is 551 g/mol. The van der Waals surface area contributed by atoms with Gasteiger partial charge in [0.25, 0.3) is 11.8 Å². The molecule has 3 aromatic carbocycles. The summed E-state index contributed by atoms with van der Waals surface area (Å²) in [5, 5.41) is 9.27. The fraction of sp³-hybridized carbons (Fsp3) is 0.226. The molecule has 1 aromatic heterocycles. The number of anilines is 5. The van der Waals surface area contributed by atoms with Gasteiger partial charge in [0, 0.05) is 61.5 Å². The third kappa shape index (κ3) is 7.37. The monoisotopic (exact) mass is 550 g/mol. The summed E-state index contributed by atoms with van der Waals surface area (Å²) in [6, 6.07) is 25.1. The number of hydrogen-bond acceptors (Lipinski definition) is 8. The number of benzene rings is 3. The third-order valence-electron chi connectivity index (χ3n) is 7.00. The number of aromatic nitrogens is 2. The smallest absolute Gasteiger partial charge is 0.254 e. The van der Waals surface area contributed by atoms with Crippen LogP contribution in [0.25, 0.3) is 0 Å². The standard InChI is InChI=1S/C31H34N8O2/c1-38-17-19-39(20-18-38)26-13-11-24(12-14-26)35-29-27(28(32)40)21-34-31(37-29)36-25-9-7-23(8-10-25)30(41)33-16-15-22-5-3-2-4-6-22/h2-14,21H,15-20H2,1H3,(H2,32,40)(H,33,41)(H2,34,35,36,37). The van der Waals surface area contributed by atoms with Crippen LogP contribution in [0.3, 0.4) is 0 Å². The second-order valence-corrected chi connectivity index (χ2v) is 9.98. The number of carbonyl (C=O) groups is 2. The molecule has 2 amide bonds. The predicted octanol–water partition coefficient (Wildman–Crippen LogP) is 3.79. The zero-order valence-electron chi connectivity index (χ0n) is 23.0. The van der Waals surface area contributed by atoms with E-state index >= 15 is 0 Å². The summed E-state index contributed by atoms with van der Waals surface area (Å²) in [6.45, 7) is 4.58. The summed E-state index contributed by atoms with van der Waals surface area (Å²) < 4.78 is 0. The number of nitrogens with zero attached hydrogens (tertiary/aromatic N) is 4. The number of rotatable bonds is 10. The molecular weight excluding hydrogens is 516 g/mol. The van der Waals surface area contributed by atoms with E-state index in [1.165, 1.54) is 11.8 Å². The lowest BCUT2D eigenvalue weighted by atomic mass is 10.1. The van der Waals surface area contributed by atoms with E-state index in [0.717, 1.165) is 44.0 Å². The van der Waals surface area contributed by atoms with Crippen LogP contribution >= 0.6 is 0 Å². The molecular formula is C31H34N8O2. The van der Waals surface area contributed by atoms with Gasteiger partial charge in [0.1, 0.15) is 11.4 Å². The molecule has 1 aliphatic heterocycles. The molecule has 0 saturated carbocycles. The number of piperazine rings is 1. The first-order valence-corrected chi connectivity index (χ1v) is 13.6. The Bertz CT molecular complexity index is 1470. The Hall–Kier alpha value is -4.96. The summed E-state index contributed by atoms with van der Waals surface area (Å²) in [6.07, 6.45) is 2.16.